The van der Waals surface area contributed by atoms with Crippen molar-refractivity contribution >= 4 is 17.5 Å². The predicted molar refractivity (Wildman–Crippen MR) is 90.0 cm³/mol. The number of nitrogens with zero attached hydrogens (tertiary/aromatic N) is 1. The van der Waals surface area contributed by atoms with Gasteiger partial charge in [0.15, 0.2) is 0 Å². The van der Waals surface area contributed by atoms with Gasteiger partial charge < -0.3 is 16.4 Å². The Labute approximate surface area is 137 Å². The molecule has 6 nitrogen and oxygen atoms in total. The maximum Gasteiger partial charge on any atom is 0.269 e. The molecule has 126 valence electrons. The van der Waals surface area contributed by atoms with Crippen LogP contribution in [0.3, 0.4) is 0 Å². The SMILES string of the molecule is CCNC(=O)c1cc(NC(=O)C2CCC(C(C)N)CC2)ccn1. The highest BCUT2D eigenvalue weighted by molar-refractivity contribution is 5.96. The Bertz CT molecular complexity index is 551. The maximum absolute atomic E-state index is 12.4. The summed E-state index contributed by atoms with van der Waals surface area (Å²) < 4.78 is 0. The van der Waals surface area contributed by atoms with Crippen LogP contribution in [0.15, 0.2) is 18.3 Å². The number of carbonyl (C=O) groups excluding carboxylic acids is 2. The summed E-state index contributed by atoms with van der Waals surface area (Å²) in [4.78, 5) is 28.2. The number of amides is 2. The fourth-order valence-corrected chi connectivity index (χ4v) is 3.04. The van der Waals surface area contributed by atoms with Crippen molar-refractivity contribution in [2.75, 3.05) is 11.9 Å². The van der Waals surface area contributed by atoms with Gasteiger partial charge in [-0.2, -0.15) is 0 Å². The molecule has 0 bridgehead atoms. The summed E-state index contributed by atoms with van der Waals surface area (Å²) in [6.07, 6.45) is 5.26. The third-order valence-electron chi connectivity index (χ3n) is 4.48. The van der Waals surface area contributed by atoms with Gasteiger partial charge in [0.1, 0.15) is 5.69 Å². The summed E-state index contributed by atoms with van der Waals surface area (Å²) in [5.41, 5.74) is 6.86. The van der Waals surface area contributed by atoms with E-state index < -0.39 is 0 Å². The number of pyridine rings is 1. The van der Waals surface area contributed by atoms with Crippen molar-refractivity contribution < 1.29 is 9.59 Å². The molecule has 1 heterocycles. The number of carbonyl (C=O) groups is 2. The van der Waals surface area contributed by atoms with Gasteiger partial charge in [-0.3, -0.25) is 14.6 Å². The Morgan fingerprint density at radius 2 is 2.04 bits per heavy atom. The molecule has 1 atom stereocenters. The van der Waals surface area contributed by atoms with Crippen LogP contribution in [0.5, 0.6) is 0 Å². The second-order valence-electron chi connectivity index (χ2n) is 6.25. The van der Waals surface area contributed by atoms with Crippen molar-refractivity contribution in [2.45, 2.75) is 45.6 Å². The molecule has 6 heteroatoms. The topological polar surface area (TPSA) is 97.1 Å². The molecule has 23 heavy (non-hydrogen) atoms. The first-order valence-electron chi connectivity index (χ1n) is 8.32. The van der Waals surface area contributed by atoms with Gasteiger partial charge in [-0.25, -0.2) is 0 Å². The van der Waals surface area contributed by atoms with Crippen LogP contribution in [0.4, 0.5) is 5.69 Å². The lowest BCUT2D eigenvalue weighted by Crippen LogP contribution is -2.33. The van der Waals surface area contributed by atoms with Crippen molar-refractivity contribution in [3.05, 3.63) is 24.0 Å². The highest BCUT2D eigenvalue weighted by Gasteiger charge is 2.28. The van der Waals surface area contributed by atoms with E-state index in [4.69, 9.17) is 5.73 Å². The number of nitrogens with two attached hydrogens (primary N) is 1. The Morgan fingerprint density at radius 3 is 2.65 bits per heavy atom. The van der Waals surface area contributed by atoms with E-state index in [2.05, 4.69) is 15.6 Å². The van der Waals surface area contributed by atoms with Crippen LogP contribution >= 0.6 is 0 Å². The van der Waals surface area contributed by atoms with Gasteiger partial charge in [-0.1, -0.05) is 0 Å². The highest BCUT2D eigenvalue weighted by Crippen LogP contribution is 2.31. The lowest BCUT2D eigenvalue weighted by Gasteiger charge is -2.29. The Kier molecular flexibility index (Phi) is 6.10. The molecule has 4 N–H and O–H groups in total. The van der Waals surface area contributed by atoms with Gasteiger partial charge in [-0.15, -0.1) is 0 Å². The Hall–Kier alpha value is -1.95. The number of anilines is 1. The monoisotopic (exact) mass is 318 g/mol. The number of hydrogen-bond acceptors (Lipinski definition) is 4. The van der Waals surface area contributed by atoms with E-state index in [9.17, 15) is 9.59 Å². The minimum atomic E-state index is -0.235. The van der Waals surface area contributed by atoms with Crippen LogP contribution in [0.1, 0.15) is 50.0 Å². The van der Waals surface area contributed by atoms with E-state index in [1.165, 1.54) is 6.20 Å². The molecule has 1 aliphatic carbocycles. The minimum Gasteiger partial charge on any atom is -0.351 e. The predicted octanol–water partition coefficient (Wildman–Crippen LogP) is 1.92. The van der Waals surface area contributed by atoms with Crippen LogP contribution in [0, 0.1) is 11.8 Å². The first-order chi connectivity index (χ1) is 11.0. The minimum absolute atomic E-state index is 0.0150. The number of hydrogen-bond donors (Lipinski definition) is 3. The summed E-state index contributed by atoms with van der Waals surface area (Å²) in [5, 5.41) is 5.60. The average molecular weight is 318 g/mol. The number of rotatable bonds is 5. The molecular formula is C17H26N4O2. The zero-order valence-corrected chi connectivity index (χ0v) is 13.8. The van der Waals surface area contributed by atoms with Gasteiger partial charge >= 0.3 is 0 Å². The highest BCUT2D eigenvalue weighted by atomic mass is 16.2. The van der Waals surface area contributed by atoms with E-state index in [1.54, 1.807) is 12.1 Å². The van der Waals surface area contributed by atoms with Crippen molar-refractivity contribution in [1.82, 2.24) is 10.3 Å². The fourth-order valence-electron chi connectivity index (χ4n) is 3.04. The summed E-state index contributed by atoms with van der Waals surface area (Å²) in [5.74, 6) is 0.317. The van der Waals surface area contributed by atoms with Crippen molar-refractivity contribution in [1.29, 1.82) is 0 Å². The second kappa shape index (κ2) is 8.06. The third-order valence-corrected chi connectivity index (χ3v) is 4.48. The zero-order valence-electron chi connectivity index (χ0n) is 13.8. The molecular weight excluding hydrogens is 292 g/mol. The molecule has 0 radical (unpaired) electrons. The van der Waals surface area contributed by atoms with E-state index in [1.807, 2.05) is 13.8 Å². The number of aromatic nitrogens is 1. The van der Waals surface area contributed by atoms with Gasteiger partial charge in [-0.05, 0) is 57.6 Å². The van der Waals surface area contributed by atoms with Crippen LogP contribution in [0.25, 0.3) is 0 Å². The summed E-state index contributed by atoms with van der Waals surface area (Å²) in [7, 11) is 0. The van der Waals surface area contributed by atoms with Gasteiger partial charge in [0.2, 0.25) is 5.91 Å². The molecule has 0 spiro atoms. The third kappa shape index (κ3) is 4.76. The molecule has 1 aliphatic rings. The van der Waals surface area contributed by atoms with Crippen molar-refractivity contribution in [3.63, 3.8) is 0 Å². The van der Waals surface area contributed by atoms with Crippen LogP contribution in [-0.2, 0) is 4.79 Å². The normalized spacial score (nSPS) is 22.2. The van der Waals surface area contributed by atoms with Crippen LogP contribution in [-0.4, -0.2) is 29.4 Å². The Balaban J connectivity index is 1.93. The van der Waals surface area contributed by atoms with E-state index >= 15 is 0 Å². The lowest BCUT2D eigenvalue weighted by atomic mass is 9.79. The molecule has 0 aromatic carbocycles. The van der Waals surface area contributed by atoms with Crippen LogP contribution < -0.4 is 16.4 Å². The van der Waals surface area contributed by atoms with Gasteiger partial charge in [0, 0.05) is 30.4 Å². The largest absolute Gasteiger partial charge is 0.351 e. The van der Waals surface area contributed by atoms with Crippen molar-refractivity contribution in [3.8, 4) is 0 Å². The molecule has 1 aromatic heterocycles. The molecule has 1 fully saturated rings. The summed E-state index contributed by atoms with van der Waals surface area (Å²) >= 11 is 0. The average Bonchev–Trinajstić information content (AvgIpc) is 2.55. The molecule has 2 rings (SSSR count). The first kappa shape index (κ1) is 17.4. The standard InChI is InChI=1S/C17H26N4O2/c1-3-19-17(23)15-10-14(8-9-20-15)21-16(22)13-6-4-12(5-7-13)11(2)18/h8-13H,3-7,18H2,1-2H3,(H,19,23)(H,20,21,22). The van der Waals surface area contributed by atoms with E-state index in [0.29, 0.717) is 23.8 Å². The molecule has 0 saturated heterocycles. The summed E-state index contributed by atoms with van der Waals surface area (Å²) in [6.45, 7) is 4.42. The summed E-state index contributed by atoms with van der Waals surface area (Å²) in [6, 6.07) is 3.50. The first-order valence-corrected chi connectivity index (χ1v) is 8.32. The lowest BCUT2D eigenvalue weighted by molar-refractivity contribution is -0.121. The maximum atomic E-state index is 12.4. The van der Waals surface area contributed by atoms with Gasteiger partial charge in [0.25, 0.3) is 5.91 Å². The molecule has 2 amide bonds. The van der Waals surface area contributed by atoms with Crippen molar-refractivity contribution in [2.24, 2.45) is 17.6 Å². The smallest absolute Gasteiger partial charge is 0.269 e. The van der Waals surface area contributed by atoms with Crippen LogP contribution in [0.2, 0.25) is 0 Å². The molecule has 0 aliphatic heterocycles. The zero-order chi connectivity index (χ0) is 16.8. The molecule has 1 unspecified atom stereocenters. The molecule has 1 saturated carbocycles. The number of nitrogens with one attached hydrogen (secondary N) is 2. The molecule has 1 aromatic rings. The van der Waals surface area contributed by atoms with Gasteiger partial charge in [0.05, 0.1) is 0 Å². The second-order valence-corrected chi connectivity index (χ2v) is 6.25. The van der Waals surface area contributed by atoms with E-state index in [0.717, 1.165) is 25.7 Å². The fraction of sp³-hybridized carbons (Fsp3) is 0.588. The van der Waals surface area contributed by atoms with E-state index in [-0.39, 0.29) is 23.8 Å². The quantitative estimate of drug-likeness (QED) is 0.772. The Morgan fingerprint density at radius 1 is 1.35 bits per heavy atom.